The second kappa shape index (κ2) is 6.27. The van der Waals surface area contributed by atoms with Gasteiger partial charge < -0.3 is 14.6 Å². The Labute approximate surface area is 128 Å². The molecule has 1 amide bonds. The fourth-order valence-electron chi connectivity index (χ4n) is 2.01. The molecule has 2 heterocycles. The van der Waals surface area contributed by atoms with Crippen LogP contribution in [0.1, 0.15) is 43.1 Å². The first-order chi connectivity index (χ1) is 10.3. The first-order valence-electron chi connectivity index (χ1n) is 6.91. The van der Waals surface area contributed by atoms with Crippen molar-refractivity contribution in [3.8, 4) is 0 Å². The Balaban J connectivity index is 2.24. The van der Waals surface area contributed by atoms with Crippen LogP contribution in [0.15, 0.2) is 12.3 Å². The largest absolute Gasteiger partial charge is 0.477 e. The third-order valence-electron chi connectivity index (χ3n) is 2.95. The Hall–Kier alpha value is -2.22. The van der Waals surface area contributed by atoms with Gasteiger partial charge in [-0.15, -0.1) is 0 Å². The molecule has 1 N–H and O–H groups in total. The molecule has 8 nitrogen and oxygen atoms in total. The molecule has 1 aromatic rings. The molecule has 0 radical (unpaired) electrons. The monoisotopic (exact) mass is 309 g/mol. The molecule has 0 aliphatic carbocycles. The molecular weight excluding hydrogens is 290 g/mol. The van der Waals surface area contributed by atoms with E-state index in [-0.39, 0.29) is 18.1 Å². The van der Waals surface area contributed by atoms with Crippen LogP contribution in [0.2, 0.25) is 0 Å². The number of amides is 1. The van der Waals surface area contributed by atoms with Crippen LogP contribution < -0.4 is 0 Å². The van der Waals surface area contributed by atoms with E-state index in [9.17, 15) is 9.59 Å². The van der Waals surface area contributed by atoms with Crippen molar-refractivity contribution in [3.05, 3.63) is 23.8 Å². The molecule has 1 unspecified atom stereocenters. The SMILES string of the molecule is CC(C)(C)OC(=O)N1CCOCC1c1nccc(C(=O)O)n1. The Morgan fingerprint density at radius 3 is 2.82 bits per heavy atom. The lowest BCUT2D eigenvalue weighted by molar-refractivity contribution is -0.0351. The Morgan fingerprint density at radius 1 is 1.45 bits per heavy atom. The zero-order valence-corrected chi connectivity index (χ0v) is 12.8. The minimum absolute atomic E-state index is 0.125. The first kappa shape index (κ1) is 16.2. The van der Waals surface area contributed by atoms with Crippen LogP contribution in [0.3, 0.4) is 0 Å². The van der Waals surface area contributed by atoms with Crippen molar-refractivity contribution in [2.45, 2.75) is 32.4 Å². The maximum absolute atomic E-state index is 12.3. The van der Waals surface area contributed by atoms with Crippen molar-refractivity contribution in [1.82, 2.24) is 14.9 Å². The second-order valence-electron chi connectivity index (χ2n) is 5.87. The number of carbonyl (C=O) groups is 2. The first-order valence-corrected chi connectivity index (χ1v) is 6.91. The van der Waals surface area contributed by atoms with E-state index in [1.165, 1.54) is 17.2 Å². The summed E-state index contributed by atoms with van der Waals surface area (Å²) in [6.45, 7) is 6.25. The van der Waals surface area contributed by atoms with Crippen LogP contribution in [0, 0.1) is 0 Å². The van der Waals surface area contributed by atoms with Gasteiger partial charge in [0.1, 0.15) is 11.6 Å². The van der Waals surface area contributed by atoms with Gasteiger partial charge >= 0.3 is 12.1 Å². The summed E-state index contributed by atoms with van der Waals surface area (Å²) >= 11 is 0. The molecule has 0 spiro atoms. The maximum Gasteiger partial charge on any atom is 0.411 e. The highest BCUT2D eigenvalue weighted by atomic mass is 16.6. The number of rotatable bonds is 2. The number of aromatic nitrogens is 2. The van der Waals surface area contributed by atoms with Crippen LogP contribution >= 0.6 is 0 Å². The van der Waals surface area contributed by atoms with E-state index in [4.69, 9.17) is 14.6 Å². The van der Waals surface area contributed by atoms with Gasteiger partial charge in [0.05, 0.1) is 13.2 Å². The summed E-state index contributed by atoms with van der Waals surface area (Å²) in [5.74, 6) is -0.922. The Bertz CT molecular complexity index is 570. The predicted octanol–water partition coefficient (Wildman–Crippen LogP) is 1.48. The highest BCUT2D eigenvalue weighted by Crippen LogP contribution is 2.24. The van der Waals surface area contributed by atoms with Gasteiger partial charge in [0.2, 0.25) is 0 Å². The molecule has 0 saturated carbocycles. The van der Waals surface area contributed by atoms with Gasteiger partial charge in [-0.3, -0.25) is 4.90 Å². The van der Waals surface area contributed by atoms with Gasteiger partial charge in [-0.05, 0) is 26.8 Å². The lowest BCUT2D eigenvalue weighted by atomic mass is 10.2. The van der Waals surface area contributed by atoms with Gasteiger partial charge in [0.15, 0.2) is 11.5 Å². The number of morpholine rings is 1. The third kappa shape index (κ3) is 3.91. The topological polar surface area (TPSA) is 102 Å². The van der Waals surface area contributed by atoms with Gasteiger partial charge in [0, 0.05) is 12.7 Å². The average Bonchev–Trinajstić information content (AvgIpc) is 2.45. The van der Waals surface area contributed by atoms with Crippen LogP contribution in [-0.2, 0) is 9.47 Å². The summed E-state index contributed by atoms with van der Waals surface area (Å²) in [7, 11) is 0. The van der Waals surface area contributed by atoms with E-state index in [0.717, 1.165) is 0 Å². The number of ether oxygens (including phenoxy) is 2. The van der Waals surface area contributed by atoms with E-state index in [1.807, 2.05) is 0 Å². The maximum atomic E-state index is 12.3. The smallest absolute Gasteiger partial charge is 0.411 e. The minimum Gasteiger partial charge on any atom is -0.477 e. The lowest BCUT2D eigenvalue weighted by Gasteiger charge is -2.35. The number of carboxylic acids is 1. The number of aromatic carboxylic acids is 1. The quantitative estimate of drug-likeness (QED) is 0.882. The lowest BCUT2D eigenvalue weighted by Crippen LogP contribution is -2.46. The molecule has 1 fully saturated rings. The van der Waals surface area contributed by atoms with Crippen LogP contribution in [0.5, 0.6) is 0 Å². The number of carboxylic acid groups (broad SMARTS) is 1. The zero-order valence-electron chi connectivity index (χ0n) is 12.8. The van der Waals surface area contributed by atoms with E-state index in [2.05, 4.69) is 9.97 Å². The molecule has 1 atom stereocenters. The second-order valence-corrected chi connectivity index (χ2v) is 5.87. The molecular formula is C14H19N3O5. The van der Waals surface area contributed by atoms with E-state index in [0.29, 0.717) is 13.2 Å². The van der Waals surface area contributed by atoms with Gasteiger partial charge in [0.25, 0.3) is 0 Å². The molecule has 22 heavy (non-hydrogen) atoms. The Morgan fingerprint density at radius 2 is 2.18 bits per heavy atom. The summed E-state index contributed by atoms with van der Waals surface area (Å²) < 4.78 is 10.7. The van der Waals surface area contributed by atoms with Crippen molar-refractivity contribution < 1.29 is 24.2 Å². The van der Waals surface area contributed by atoms with Crippen molar-refractivity contribution in [1.29, 1.82) is 0 Å². The van der Waals surface area contributed by atoms with Gasteiger partial charge in [-0.25, -0.2) is 19.6 Å². The van der Waals surface area contributed by atoms with Gasteiger partial charge in [-0.1, -0.05) is 0 Å². The summed E-state index contributed by atoms with van der Waals surface area (Å²) in [5.41, 5.74) is -0.747. The predicted molar refractivity (Wildman–Crippen MR) is 75.5 cm³/mol. The third-order valence-corrected chi connectivity index (χ3v) is 2.95. The summed E-state index contributed by atoms with van der Waals surface area (Å²) in [6, 6.07) is 0.732. The molecule has 120 valence electrons. The van der Waals surface area contributed by atoms with Crippen molar-refractivity contribution >= 4 is 12.1 Å². The standard InChI is InChI=1S/C14H19N3O5/c1-14(2,3)22-13(20)17-6-7-21-8-10(17)11-15-5-4-9(16-11)12(18)19/h4-5,10H,6-8H2,1-3H3,(H,18,19). The molecule has 0 aromatic carbocycles. The Kier molecular flexibility index (Phi) is 4.60. The fourth-order valence-corrected chi connectivity index (χ4v) is 2.01. The van der Waals surface area contributed by atoms with E-state index in [1.54, 1.807) is 20.8 Å². The van der Waals surface area contributed by atoms with Crippen molar-refractivity contribution in [2.24, 2.45) is 0 Å². The number of hydrogen-bond acceptors (Lipinski definition) is 6. The molecule has 1 aromatic heterocycles. The van der Waals surface area contributed by atoms with Crippen LogP contribution in [0.4, 0.5) is 4.79 Å². The number of nitrogens with zero attached hydrogens (tertiary/aromatic N) is 3. The fraction of sp³-hybridized carbons (Fsp3) is 0.571. The molecule has 1 aliphatic heterocycles. The normalized spacial score (nSPS) is 18.9. The summed E-state index contributed by atoms with van der Waals surface area (Å²) in [5, 5.41) is 9.01. The van der Waals surface area contributed by atoms with E-state index < -0.39 is 23.7 Å². The highest BCUT2D eigenvalue weighted by molar-refractivity contribution is 5.85. The highest BCUT2D eigenvalue weighted by Gasteiger charge is 2.34. The van der Waals surface area contributed by atoms with Crippen molar-refractivity contribution in [2.75, 3.05) is 19.8 Å². The van der Waals surface area contributed by atoms with E-state index >= 15 is 0 Å². The number of carbonyl (C=O) groups excluding carboxylic acids is 1. The van der Waals surface area contributed by atoms with Crippen LogP contribution in [-0.4, -0.2) is 57.4 Å². The zero-order chi connectivity index (χ0) is 16.3. The summed E-state index contributed by atoms with van der Waals surface area (Å²) in [4.78, 5) is 32.8. The van der Waals surface area contributed by atoms with Crippen LogP contribution in [0.25, 0.3) is 0 Å². The molecule has 0 bridgehead atoms. The average molecular weight is 309 g/mol. The molecule has 1 aliphatic rings. The van der Waals surface area contributed by atoms with Crippen molar-refractivity contribution in [3.63, 3.8) is 0 Å². The minimum atomic E-state index is -1.15. The molecule has 2 rings (SSSR count). The number of hydrogen-bond donors (Lipinski definition) is 1. The summed E-state index contributed by atoms with van der Waals surface area (Å²) in [6.07, 6.45) is 0.860. The molecule has 1 saturated heterocycles. The molecule has 8 heteroatoms. The van der Waals surface area contributed by atoms with Gasteiger partial charge in [-0.2, -0.15) is 0 Å².